The first kappa shape index (κ1) is 16.3. The topological polar surface area (TPSA) is 70.2 Å². The third-order valence-electron chi connectivity index (χ3n) is 3.81. The predicted octanol–water partition coefficient (Wildman–Crippen LogP) is 3.73. The van der Waals surface area contributed by atoms with Crippen LogP contribution in [0.2, 0.25) is 5.02 Å². The SMILES string of the molecule is O=C(NCC[C@@H]1C(=O)Nc2ccccc21)Nc1cc(Cl)ccc1F. The van der Waals surface area contributed by atoms with Gasteiger partial charge in [0.1, 0.15) is 5.82 Å². The highest BCUT2D eigenvalue weighted by molar-refractivity contribution is 6.30. The zero-order valence-electron chi connectivity index (χ0n) is 12.6. The fraction of sp³-hybridized carbons (Fsp3) is 0.176. The standard InChI is InChI=1S/C17H15ClFN3O2/c18-10-5-6-13(19)15(9-10)22-17(24)20-8-7-12-11-3-1-2-4-14(11)21-16(12)23/h1-6,9,12H,7-8H2,(H,21,23)(H2,20,22,24)/t12-/m0/s1. The van der Waals surface area contributed by atoms with Gasteiger partial charge in [0.25, 0.3) is 0 Å². The number of benzene rings is 2. The lowest BCUT2D eigenvalue weighted by molar-refractivity contribution is -0.117. The smallest absolute Gasteiger partial charge is 0.319 e. The van der Waals surface area contributed by atoms with Gasteiger partial charge in [-0.3, -0.25) is 4.79 Å². The second-order valence-corrected chi connectivity index (χ2v) is 5.86. The number of anilines is 2. The van der Waals surface area contributed by atoms with Crippen molar-refractivity contribution in [3.63, 3.8) is 0 Å². The average Bonchev–Trinajstić information content (AvgIpc) is 2.87. The monoisotopic (exact) mass is 347 g/mol. The number of para-hydroxylation sites is 1. The predicted molar refractivity (Wildman–Crippen MR) is 90.9 cm³/mol. The molecule has 0 aromatic heterocycles. The molecule has 0 fully saturated rings. The number of amides is 3. The van der Waals surface area contributed by atoms with Crippen LogP contribution in [0.5, 0.6) is 0 Å². The lowest BCUT2D eigenvalue weighted by Crippen LogP contribution is -2.31. The van der Waals surface area contributed by atoms with Crippen LogP contribution in [0.25, 0.3) is 0 Å². The summed E-state index contributed by atoms with van der Waals surface area (Å²) in [5.74, 6) is -0.956. The van der Waals surface area contributed by atoms with Crippen LogP contribution in [0.4, 0.5) is 20.6 Å². The minimum absolute atomic E-state index is 0.00366. The van der Waals surface area contributed by atoms with Gasteiger partial charge in [0.05, 0.1) is 11.6 Å². The summed E-state index contributed by atoms with van der Waals surface area (Å²) in [6.07, 6.45) is 0.453. The van der Waals surface area contributed by atoms with E-state index in [1.807, 2.05) is 24.3 Å². The summed E-state index contributed by atoms with van der Waals surface area (Å²) in [6.45, 7) is 0.278. The molecule has 3 amide bonds. The fourth-order valence-electron chi connectivity index (χ4n) is 2.65. The molecule has 24 heavy (non-hydrogen) atoms. The first-order valence-electron chi connectivity index (χ1n) is 7.44. The third kappa shape index (κ3) is 3.49. The number of hydrogen-bond acceptors (Lipinski definition) is 2. The molecule has 1 atom stereocenters. The van der Waals surface area contributed by atoms with E-state index >= 15 is 0 Å². The quantitative estimate of drug-likeness (QED) is 0.788. The Bertz CT molecular complexity index is 797. The van der Waals surface area contributed by atoms with Gasteiger partial charge in [-0.15, -0.1) is 0 Å². The van der Waals surface area contributed by atoms with Gasteiger partial charge >= 0.3 is 6.03 Å². The van der Waals surface area contributed by atoms with Gasteiger partial charge in [-0.2, -0.15) is 0 Å². The highest BCUT2D eigenvalue weighted by Gasteiger charge is 2.29. The first-order valence-corrected chi connectivity index (χ1v) is 7.82. The molecule has 2 aromatic rings. The highest BCUT2D eigenvalue weighted by atomic mass is 35.5. The maximum atomic E-state index is 13.6. The second-order valence-electron chi connectivity index (χ2n) is 5.42. The van der Waals surface area contributed by atoms with Crippen LogP contribution in [0.15, 0.2) is 42.5 Å². The molecule has 2 aromatic carbocycles. The normalized spacial score (nSPS) is 15.6. The molecule has 0 spiro atoms. The number of fused-ring (bicyclic) bond motifs is 1. The van der Waals surface area contributed by atoms with Crippen LogP contribution in [-0.2, 0) is 4.79 Å². The summed E-state index contributed by atoms with van der Waals surface area (Å²) in [7, 11) is 0. The second kappa shape index (κ2) is 6.88. The Balaban J connectivity index is 1.54. The van der Waals surface area contributed by atoms with Crippen LogP contribution in [0, 0.1) is 5.82 Å². The summed E-state index contributed by atoms with van der Waals surface area (Å²) in [5.41, 5.74) is 1.73. The van der Waals surface area contributed by atoms with Gasteiger partial charge in [0.15, 0.2) is 0 Å². The van der Waals surface area contributed by atoms with Gasteiger partial charge in [-0.05, 0) is 36.2 Å². The van der Waals surface area contributed by atoms with Crippen molar-refractivity contribution < 1.29 is 14.0 Å². The molecule has 0 saturated carbocycles. The fourth-order valence-corrected chi connectivity index (χ4v) is 2.82. The van der Waals surface area contributed by atoms with Crippen molar-refractivity contribution in [1.82, 2.24) is 5.32 Å². The Hall–Kier alpha value is -2.60. The molecule has 0 bridgehead atoms. The Labute approximate surface area is 143 Å². The minimum atomic E-state index is -0.571. The van der Waals surface area contributed by atoms with E-state index in [1.54, 1.807) is 0 Å². The van der Waals surface area contributed by atoms with Gasteiger partial charge in [-0.25, -0.2) is 9.18 Å². The molecular weight excluding hydrogens is 333 g/mol. The van der Waals surface area contributed by atoms with Crippen molar-refractivity contribution in [1.29, 1.82) is 0 Å². The zero-order valence-corrected chi connectivity index (χ0v) is 13.4. The van der Waals surface area contributed by atoms with Crippen LogP contribution in [-0.4, -0.2) is 18.5 Å². The Morgan fingerprint density at radius 2 is 2.04 bits per heavy atom. The molecule has 7 heteroatoms. The largest absolute Gasteiger partial charge is 0.338 e. The summed E-state index contributed by atoms with van der Waals surface area (Å²) in [4.78, 5) is 23.8. The molecule has 1 aliphatic heterocycles. The molecule has 3 rings (SSSR count). The third-order valence-corrected chi connectivity index (χ3v) is 4.04. The van der Waals surface area contributed by atoms with E-state index in [9.17, 15) is 14.0 Å². The van der Waals surface area contributed by atoms with Crippen LogP contribution in [0.3, 0.4) is 0 Å². The van der Waals surface area contributed by atoms with E-state index in [2.05, 4.69) is 16.0 Å². The van der Waals surface area contributed by atoms with Gasteiger partial charge in [-0.1, -0.05) is 29.8 Å². The van der Waals surface area contributed by atoms with Crippen molar-refractivity contribution >= 4 is 34.9 Å². The summed E-state index contributed by atoms with van der Waals surface area (Å²) >= 11 is 5.77. The molecular formula is C17H15ClFN3O2. The number of carbonyl (C=O) groups is 2. The van der Waals surface area contributed by atoms with Crippen molar-refractivity contribution in [2.45, 2.75) is 12.3 Å². The van der Waals surface area contributed by atoms with E-state index in [1.165, 1.54) is 18.2 Å². The first-order chi connectivity index (χ1) is 11.5. The lowest BCUT2D eigenvalue weighted by atomic mass is 9.97. The number of urea groups is 1. The molecule has 1 heterocycles. The Morgan fingerprint density at radius 3 is 2.88 bits per heavy atom. The molecule has 124 valence electrons. The van der Waals surface area contributed by atoms with Crippen molar-refractivity contribution in [2.24, 2.45) is 0 Å². The van der Waals surface area contributed by atoms with Gasteiger partial charge in [0, 0.05) is 17.3 Å². The Morgan fingerprint density at radius 1 is 1.25 bits per heavy atom. The van der Waals surface area contributed by atoms with Gasteiger partial charge in [0.2, 0.25) is 5.91 Å². The van der Waals surface area contributed by atoms with Crippen molar-refractivity contribution in [2.75, 3.05) is 17.2 Å². The maximum Gasteiger partial charge on any atom is 0.319 e. The van der Waals surface area contributed by atoms with Crippen LogP contribution < -0.4 is 16.0 Å². The summed E-state index contributed by atoms with van der Waals surface area (Å²) < 4.78 is 13.6. The molecule has 0 unspecified atom stereocenters. The number of halogens is 2. The molecule has 5 nitrogen and oxygen atoms in total. The molecule has 1 aliphatic rings. The summed E-state index contributed by atoms with van der Waals surface area (Å²) in [5, 5.41) is 8.15. The number of nitrogens with one attached hydrogen (secondary N) is 3. The van der Waals surface area contributed by atoms with E-state index in [0.29, 0.717) is 11.4 Å². The molecule has 3 N–H and O–H groups in total. The number of rotatable bonds is 4. The zero-order chi connectivity index (χ0) is 17.1. The van der Waals surface area contributed by atoms with Gasteiger partial charge < -0.3 is 16.0 Å². The lowest BCUT2D eigenvalue weighted by Gasteiger charge is -2.11. The minimum Gasteiger partial charge on any atom is -0.338 e. The Kier molecular flexibility index (Phi) is 4.66. The molecule has 0 radical (unpaired) electrons. The van der Waals surface area contributed by atoms with Crippen molar-refractivity contribution in [3.8, 4) is 0 Å². The molecule has 0 saturated heterocycles. The number of carbonyl (C=O) groups excluding carboxylic acids is 2. The highest BCUT2D eigenvalue weighted by Crippen LogP contribution is 2.33. The van der Waals surface area contributed by atoms with E-state index < -0.39 is 11.8 Å². The van der Waals surface area contributed by atoms with Crippen molar-refractivity contribution in [3.05, 3.63) is 58.9 Å². The van der Waals surface area contributed by atoms with E-state index in [0.717, 1.165) is 11.3 Å². The van der Waals surface area contributed by atoms with Crippen LogP contribution in [0.1, 0.15) is 17.9 Å². The van der Waals surface area contributed by atoms with Crippen LogP contribution >= 0.6 is 11.6 Å². The van der Waals surface area contributed by atoms with E-state index in [-0.39, 0.29) is 24.1 Å². The number of hydrogen-bond donors (Lipinski definition) is 3. The summed E-state index contributed by atoms with van der Waals surface area (Å²) in [6, 6.07) is 10.8. The maximum absolute atomic E-state index is 13.6. The molecule has 0 aliphatic carbocycles. The average molecular weight is 348 g/mol. The van der Waals surface area contributed by atoms with E-state index in [4.69, 9.17) is 11.6 Å².